The maximum Gasteiger partial charge on any atom is 0.242 e. The van der Waals surface area contributed by atoms with Gasteiger partial charge in [0.2, 0.25) is 5.91 Å². The second-order valence-electron chi connectivity index (χ2n) is 5.07. The van der Waals surface area contributed by atoms with Crippen LogP contribution in [0.4, 0.5) is 0 Å². The van der Waals surface area contributed by atoms with Crippen LogP contribution in [0.25, 0.3) is 0 Å². The molecular weight excluding hydrogens is 204 g/mol. The molecule has 2 atom stereocenters. The molecule has 16 heavy (non-hydrogen) atoms. The molecule has 0 aliphatic heterocycles. The molecule has 0 aromatic rings. The lowest BCUT2D eigenvalue weighted by atomic mass is 9.88. The lowest BCUT2D eigenvalue weighted by molar-refractivity contribution is -0.141. The summed E-state index contributed by atoms with van der Waals surface area (Å²) in [5, 5.41) is 18.8. The zero-order chi connectivity index (χ0) is 12.3. The van der Waals surface area contributed by atoms with E-state index < -0.39 is 11.5 Å². The van der Waals surface area contributed by atoms with Crippen LogP contribution < -0.4 is 0 Å². The van der Waals surface area contributed by atoms with E-state index in [9.17, 15) is 9.90 Å². The molecule has 0 heterocycles. The molecule has 0 bridgehead atoms. The lowest BCUT2D eigenvalue weighted by Crippen LogP contribution is -2.50. The number of aliphatic hydroxyl groups is 1. The van der Waals surface area contributed by atoms with Crippen molar-refractivity contribution in [1.29, 1.82) is 5.26 Å². The van der Waals surface area contributed by atoms with Gasteiger partial charge in [0, 0.05) is 7.05 Å². The van der Waals surface area contributed by atoms with E-state index in [1.165, 1.54) is 0 Å². The maximum atomic E-state index is 12.0. The summed E-state index contributed by atoms with van der Waals surface area (Å²) in [7, 11) is 1.68. The molecule has 0 spiro atoms. The molecule has 0 aromatic carbocycles. The van der Waals surface area contributed by atoms with Crippen molar-refractivity contribution in [3.8, 4) is 6.07 Å². The standard InChI is InChI=1S/C12H20N2O2/c1-12(2,8-13)11(16)14(3)9-6-4-5-7-10(9)15/h9-10,15H,4-7H2,1-3H3. The number of hydrogen-bond donors (Lipinski definition) is 1. The van der Waals surface area contributed by atoms with Gasteiger partial charge in [-0.2, -0.15) is 5.26 Å². The highest BCUT2D eigenvalue weighted by Crippen LogP contribution is 2.26. The molecule has 0 aromatic heterocycles. The van der Waals surface area contributed by atoms with Crippen LogP contribution in [0.3, 0.4) is 0 Å². The first kappa shape index (κ1) is 13.0. The first-order chi connectivity index (χ1) is 7.40. The van der Waals surface area contributed by atoms with Crippen LogP contribution in [0.15, 0.2) is 0 Å². The van der Waals surface area contributed by atoms with Crippen molar-refractivity contribution in [2.45, 2.75) is 51.7 Å². The van der Waals surface area contributed by atoms with Crippen LogP contribution in [0.1, 0.15) is 39.5 Å². The highest BCUT2D eigenvalue weighted by molar-refractivity contribution is 5.84. The number of carbonyl (C=O) groups is 1. The maximum absolute atomic E-state index is 12.0. The Hall–Kier alpha value is -1.08. The summed E-state index contributed by atoms with van der Waals surface area (Å²) < 4.78 is 0. The molecule has 1 aliphatic carbocycles. The SMILES string of the molecule is CN(C(=O)C(C)(C)C#N)C1CCCCC1O. The van der Waals surface area contributed by atoms with Gasteiger partial charge < -0.3 is 10.0 Å². The van der Waals surface area contributed by atoms with E-state index in [0.29, 0.717) is 0 Å². The van der Waals surface area contributed by atoms with Crippen molar-refractivity contribution < 1.29 is 9.90 Å². The van der Waals surface area contributed by atoms with E-state index in [4.69, 9.17) is 5.26 Å². The van der Waals surface area contributed by atoms with Crippen molar-refractivity contribution in [2.75, 3.05) is 7.05 Å². The van der Waals surface area contributed by atoms with Crippen molar-refractivity contribution in [3.63, 3.8) is 0 Å². The number of aliphatic hydroxyl groups excluding tert-OH is 1. The minimum Gasteiger partial charge on any atom is -0.391 e. The van der Waals surface area contributed by atoms with Crippen LogP contribution in [0, 0.1) is 16.7 Å². The van der Waals surface area contributed by atoms with E-state index >= 15 is 0 Å². The Bertz CT molecular complexity index is 307. The Kier molecular flexibility index (Phi) is 3.93. The van der Waals surface area contributed by atoms with Crippen LogP contribution in [0.2, 0.25) is 0 Å². The average Bonchev–Trinajstić information content (AvgIpc) is 2.27. The third-order valence-electron chi connectivity index (χ3n) is 3.33. The number of likely N-dealkylation sites (N-methyl/N-ethyl adjacent to an activating group) is 1. The van der Waals surface area contributed by atoms with Gasteiger partial charge in [0.15, 0.2) is 0 Å². The predicted octanol–water partition coefficient (Wildman–Crippen LogP) is 1.30. The van der Waals surface area contributed by atoms with Gasteiger partial charge in [-0.3, -0.25) is 4.79 Å². The molecule has 2 unspecified atom stereocenters. The van der Waals surface area contributed by atoms with Gasteiger partial charge in [0.1, 0.15) is 5.41 Å². The fourth-order valence-corrected chi connectivity index (χ4v) is 2.18. The number of rotatable bonds is 2. The molecule has 0 saturated heterocycles. The minimum absolute atomic E-state index is 0.131. The number of nitrogens with zero attached hydrogens (tertiary/aromatic N) is 2. The lowest BCUT2D eigenvalue weighted by Gasteiger charge is -2.37. The molecular formula is C12H20N2O2. The van der Waals surface area contributed by atoms with Gasteiger partial charge in [0.05, 0.1) is 18.2 Å². The average molecular weight is 224 g/mol. The summed E-state index contributed by atoms with van der Waals surface area (Å²) in [5.41, 5.74) is -1.01. The fourth-order valence-electron chi connectivity index (χ4n) is 2.18. The zero-order valence-corrected chi connectivity index (χ0v) is 10.2. The van der Waals surface area contributed by atoms with Gasteiger partial charge in [-0.15, -0.1) is 0 Å². The molecule has 90 valence electrons. The molecule has 4 heteroatoms. The van der Waals surface area contributed by atoms with Crippen molar-refractivity contribution >= 4 is 5.91 Å². The molecule has 1 saturated carbocycles. The molecule has 1 fully saturated rings. The number of nitriles is 1. The topological polar surface area (TPSA) is 64.3 Å². The van der Waals surface area contributed by atoms with Crippen molar-refractivity contribution in [3.05, 3.63) is 0 Å². The van der Waals surface area contributed by atoms with Crippen LogP contribution >= 0.6 is 0 Å². The molecule has 1 N–H and O–H groups in total. The van der Waals surface area contributed by atoms with Gasteiger partial charge in [0.25, 0.3) is 0 Å². The van der Waals surface area contributed by atoms with E-state index in [1.807, 2.05) is 6.07 Å². The smallest absolute Gasteiger partial charge is 0.242 e. The van der Waals surface area contributed by atoms with Gasteiger partial charge in [-0.1, -0.05) is 12.8 Å². The van der Waals surface area contributed by atoms with Crippen LogP contribution in [0.5, 0.6) is 0 Å². The number of hydrogen-bond acceptors (Lipinski definition) is 3. The first-order valence-corrected chi connectivity index (χ1v) is 5.76. The second-order valence-corrected chi connectivity index (χ2v) is 5.07. The van der Waals surface area contributed by atoms with Crippen molar-refractivity contribution in [2.24, 2.45) is 5.41 Å². The molecule has 0 radical (unpaired) electrons. The number of amides is 1. The van der Waals surface area contributed by atoms with Gasteiger partial charge in [-0.25, -0.2) is 0 Å². The van der Waals surface area contributed by atoms with Crippen molar-refractivity contribution in [1.82, 2.24) is 4.90 Å². The Balaban J connectivity index is 2.74. The molecule has 4 nitrogen and oxygen atoms in total. The van der Waals surface area contributed by atoms with E-state index in [0.717, 1.165) is 25.7 Å². The fraction of sp³-hybridized carbons (Fsp3) is 0.833. The summed E-state index contributed by atoms with van der Waals surface area (Å²) in [6, 6.07) is 1.87. The first-order valence-electron chi connectivity index (χ1n) is 5.76. The quantitative estimate of drug-likeness (QED) is 0.769. The Morgan fingerprint density at radius 3 is 2.50 bits per heavy atom. The highest BCUT2D eigenvalue weighted by Gasteiger charge is 2.36. The molecule has 1 aliphatic rings. The molecule has 1 amide bonds. The number of carbonyl (C=O) groups excluding carboxylic acids is 1. The summed E-state index contributed by atoms with van der Waals surface area (Å²) >= 11 is 0. The summed E-state index contributed by atoms with van der Waals surface area (Å²) in [4.78, 5) is 13.6. The zero-order valence-electron chi connectivity index (χ0n) is 10.2. The predicted molar refractivity (Wildman–Crippen MR) is 60.4 cm³/mol. The Morgan fingerprint density at radius 2 is 2.00 bits per heavy atom. The molecule has 1 rings (SSSR count). The summed E-state index contributed by atoms with van der Waals surface area (Å²) in [5.74, 6) is -0.207. The summed E-state index contributed by atoms with van der Waals surface area (Å²) in [6.07, 6.45) is 3.17. The normalized spacial score (nSPS) is 25.9. The van der Waals surface area contributed by atoms with Crippen LogP contribution in [-0.2, 0) is 4.79 Å². The van der Waals surface area contributed by atoms with E-state index in [2.05, 4.69) is 0 Å². The Labute approximate surface area is 96.9 Å². The van der Waals surface area contributed by atoms with E-state index in [1.54, 1.807) is 25.8 Å². The third-order valence-corrected chi connectivity index (χ3v) is 3.33. The Morgan fingerprint density at radius 1 is 1.44 bits per heavy atom. The second kappa shape index (κ2) is 4.84. The summed E-state index contributed by atoms with van der Waals surface area (Å²) in [6.45, 7) is 3.22. The third kappa shape index (κ3) is 2.53. The van der Waals surface area contributed by atoms with Gasteiger partial charge in [-0.05, 0) is 26.7 Å². The monoisotopic (exact) mass is 224 g/mol. The highest BCUT2D eigenvalue weighted by atomic mass is 16.3. The minimum atomic E-state index is -1.01. The van der Waals surface area contributed by atoms with Gasteiger partial charge >= 0.3 is 0 Å². The largest absolute Gasteiger partial charge is 0.391 e. The van der Waals surface area contributed by atoms with Crippen LogP contribution in [-0.4, -0.2) is 35.1 Å². The van der Waals surface area contributed by atoms with E-state index in [-0.39, 0.29) is 11.9 Å².